The fourth-order valence-corrected chi connectivity index (χ4v) is 1.93. The summed E-state index contributed by atoms with van der Waals surface area (Å²) in [5.74, 6) is -0.330. The minimum atomic E-state index is -0.379. The molecule has 0 saturated heterocycles. The third kappa shape index (κ3) is 3.79. The van der Waals surface area contributed by atoms with Gasteiger partial charge in [-0.3, -0.25) is 0 Å². The number of para-hydroxylation sites is 1. The van der Waals surface area contributed by atoms with E-state index in [2.05, 4.69) is 26.6 Å². The van der Waals surface area contributed by atoms with Crippen LogP contribution in [0.5, 0.6) is 0 Å². The van der Waals surface area contributed by atoms with Crippen LogP contribution in [-0.4, -0.2) is 6.03 Å². The van der Waals surface area contributed by atoms with Gasteiger partial charge < -0.3 is 10.6 Å². The van der Waals surface area contributed by atoms with E-state index in [-0.39, 0.29) is 18.4 Å². The van der Waals surface area contributed by atoms with E-state index in [0.717, 1.165) is 4.47 Å². The Balaban J connectivity index is 1.92. The Hall–Kier alpha value is -1.88. The van der Waals surface area contributed by atoms with Gasteiger partial charge in [0, 0.05) is 16.6 Å². The van der Waals surface area contributed by atoms with Crippen LogP contribution in [-0.2, 0) is 6.54 Å². The van der Waals surface area contributed by atoms with Crippen molar-refractivity contribution >= 4 is 27.6 Å². The van der Waals surface area contributed by atoms with Crippen LogP contribution < -0.4 is 10.6 Å². The van der Waals surface area contributed by atoms with Crippen molar-refractivity contribution in [2.45, 2.75) is 6.54 Å². The summed E-state index contributed by atoms with van der Waals surface area (Å²) in [5, 5.41) is 5.29. The maximum Gasteiger partial charge on any atom is 0.319 e. The maximum absolute atomic E-state index is 13.4. The zero-order valence-electron chi connectivity index (χ0n) is 9.99. The Bertz CT molecular complexity index is 589. The van der Waals surface area contributed by atoms with Crippen LogP contribution >= 0.6 is 15.9 Å². The fourth-order valence-electron chi connectivity index (χ4n) is 1.55. The first kappa shape index (κ1) is 13.5. The lowest BCUT2D eigenvalue weighted by Crippen LogP contribution is -2.28. The van der Waals surface area contributed by atoms with Gasteiger partial charge in [0.1, 0.15) is 5.82 Å². The molecule has 98 valence electrons. The second-order valence-corrected chi connectivity index (χ2v) is 4.73. The van der Waals surface area contributed by atoms with Crippen LogP contribution in [0.4, 0.5) is 14.9 Å². The van der Waals surface area contributed by atoms with E-state index in [1.54, 1.807) is 24.3 Å². The second-order valence-electron chi connectivity index (χ2n) is 3.88. The van der Waals surface area contributed by atoms with Gasteiger partial charge in [0.15, 0.2) is 0 Å². The minimum Gasteiger partial charge on any atom is -0.334 e. The monoisotopic (exact) mass is 322 g/mol. The molecule has 0 aromatic heterocycles. The first-order chi connectivity index (χ1) is 9.16. The number of hydrogen-bond acceptors (Lipinski definition) is 1. The molecule has 2 aromatic carbocycles. The highest BCUT2D eigenvalue weighted by molar-refractivity contribution is 9.10. The first-order valence-electron chi connectivity index (χ1n) is 5.69. The lowest BCUT2D eigenvalue weighted by Gasteiger charge is -2.09. The molecule has 3 nitrogen and oxygen atoms in total. The van der Waals surface area contributed by atoms with E-state index in [1.165, 1.54) is 6.07 Å². The van der Waals surface area contributed by atoms with E-state index in [9.17, 15) is 9.18 Å². The molecule has 2 amide bonds. The summed E-state index contributed by atoms with van der Waals surface area (Å²) < 4.78 is 14.1. The predicted molar refractivity (Wildman–Crippen MR) is 76.4 cm³/mol. The molecule has 0 fully saturated rings. The van der Waals surface area contributed by atoms with Gasteiger partial charge in [-0.25, -0.2) is 9.18 Å². The molecule has 0 bridgehead atoms. The van der Waals surface area contributed by atoms with Crippen LogP contribution in [0, 0.1) is 5.82 Å². The number of halogens is 2. The van der Waals surface area contributed by atoms with Crippen LogP contribution in [0.15, 0.2) is 53.0 Å². The summed E-state index contributed by atoms with van der Waals surface area (Å²) in [7, 11) is 0. The van der Waals surface area contributed by atoms with Crippen molar-refractivity contribution < 1.29 is 9.18 Å². The molecular weight excluding hydrogens is 311 g/mol. The van der Waals surface area contributed by atoms with E-state index in [0.29, 0.717) is 11.3 Å². The smallest absolute Gasteiger partial charge is 0.319 e. The van der Waals surface area contributed by atoms with Gasteiger partial charge in [0.2, 0.25) is 0 Å². The molecule has 0 atom stereocenters. The van der Waals surface area contributed by atoms with Crippen molar-refractivity contribution in [3.63, 3.8) is 0 Å². The Kier molecular flexibility index (Phi) is 4.52. The molecule has 0 unspecified atom stereocenters. The second kappa shape index (κ2) is 6.33. The molecule has 2 N–H and O–H groups in total. The van der Waals surface area contributed by atoms with E-state index >= 15 is 0 Å². The first-order valence-corrected chi connectivity index (χ1v) is 6.49. The zero-order valence-corrected chi connectivity index (χ0v) is 11.6. The summed E-state index contributed by atoms with van der Waals surface area (Å²) in [6.45, 7) is 0.142. The van der Waals surface area contributed by atoms with Crippen molar-refractivity contribution in [1.29, 1.82) is 0 Å². The zero-order chi connectivity index (χ0) is 13.7. The van der Waals surface area contributed by atoms with Crippen LogP contribution in [0.2, 0.25) is 0 Å². The summed E-state index contributed by atoms with van der Waals surface area (Å²) in [6, 6.07) is 13.2. The highest BCUT2D eigenvalue weighted by Crippen LogP contribution is 2.20. The number of carbonyl (C=O) groups excluding carboxylic acids is 1. The number of carbonyl (C=O) groups is 1. The average molecular weight is 323 g/mol. The lowest BCUT2D eigenvalue weighted by molar-refractivity contribution is 0.251. The van der Waals surface area contributed by atoms with Crippen LogP contribution in [0.25, 0.3) is 0 Å². The number of amides is 2. The summed E-state index contributed by atoms with van der Waals surface area (Å²) in [5.41, 5.74) is 1.11. The van der Waals surface area contributed by atoms with E-state index < -0.39 is 0 Å². The van der Waals surface area contributed by atoms with Crippen molar-refractivity contribution in [1.82, 2.24) is 5.32 Å². The SMILES string of the molecule is O=C(NCc1ccccc1F)Nc1ccccc1Br. The molecule has 0 radical (unpaired) electrons. The molecule has 2 rings (SSSR count). The van der Waals surface area contributed by atoms with E-state index in [1.807, 2.05) is 18.2 Å². The number of anilines is 1. The van der Waals surface area contributed by atoms with Crippen molar-refractivity contribution in [3.05, 3.63) is 64.4 Å². The minimum absolute atomic E-state index is 0.142. The van der Waals surface area contributed by atoms with Gasteiger partial charge in [0.05, 0.1) is 5.69 Å². The topological polar surface area (TPSA) is 41.1 Å². The molecule has 0 aliphatic heterocycles. The highest BCUT2D eigenvalue weighted by Gasteiger charge is 2.06. The number of urea groups is 1. The van der Waals surface area contributed by atoms with Crippen LogP contribution in [0.3, 0.4) is 0 Å². The summed E-state index contributed by atoms with van der Waals surface area (Å²) in [6.07, 6.45) is 0. The van der Waals surface area contributed by atoms with Crippen molar-refractivity contribution in [3.8, 4) is 0 Å². The number of rotatable bonds is 3. The Morgan fingerprint density at radius 3 is 2.53 bits per heavy atom. The molecule has 0 heterocycles. The fraction of sp³-hybridized carbons (Fsp3) is 0.0714. The maximum atomic E-state index is 13.4. The normalized spacial score (nSPS) is 10.0. The largest absolute Gasteiger partial charge is 0.334 e. The third-order valence-electron chi connectivity index (χ3n) is 2.52. The van der Waals surface area contributed by atoms with Gasteiger partial charge in [-0.2, -0.15) is 0 Å². The van der Waals surface area contributed by atoms with Gasteiger partial charge in [-0.1, -0.05) is 30.3 Å². The van der Waals surface area contributed by atoms with Gasteiger partial charge in [-0.15, -0.1) is 0 Å². The molecular formula is C14H12BrFN2O. The van der Waals surface area contributed by atoms with Crippen molar-refractivity contribution in [2.24, 2.45) is 0 Å². The number of hydrogen-bond donors (Lipinski definition) is 2. The predicted octanol–water partition coefficient (Wildman–Crippen LogP) is 3.91. The Morgan fingerprint density at radius 2 is 1.79 bits per heavy atom. The van der Waals surface area contributed by atoms with Crippen LogP contribution in [0.1, 0.15) is 5.56 Å². The number of nitrogens with one attached hydrogen (secondary N) is 2. The molecule has 5 heteroatoms. The molecule has 0 spiro atoms. The van der Waals surface area contributed by atoms with Crippen molar-refractivity contribution in [2.75, 3.05) is 5.32 Å². The van der Waals surface area contributed by atoms with Gasteiger partial charge in [0.25, 0.3) is 0 Å². The molecule has 0 aliphatic rings. The standard InChI is InChI=1S/C14H12BrFN2O/c15-11-6-2-4-8-13(11)18-14(19)17-9-10-5-1-3-7-12(10)16/h1-8H,9H2,(H2,17,18,19). The molecule has 0 aliphatic carbocycles. The number of benzene rings is 2. The average Bonchev–Trinajstić information content (AvgIpc) is 2.40. The Morgan fingerprint density at radius 1 is 1.11 bits per heavy atom. The Labute approximate surface area is 119 Å². The summed E-state index contributed by atoms with van der Waals surface area (Å²) >= 11 is 3.33. The third-order valence-corrected chi connectivity index (χ3v) is 3.21. The summed E-state index contributed by atoms with van der Waals surface area (Å²) in [4.78, 5) is 11.7. The molecule has 19 heavy (non-hydrogen) atoms. The molecule has 0 saturated carbocycles. The van der Waals surface area contributed by atoms with Gasteiger partial charge >= 0.3 is 6.03 Å². The highest BCUT2D eigenvalue weighted by atomic mass is 79.9. The van der Waals surface area contributed by atoms with E-state index in [4.69, 9.17) is 0 Å². The van der Waals surface area contributed by atoms with Gasteiger partial charge in [-0.05, 0) is 34.1 Å². The lowest BCUT2D eigenvalue weighted by atomic mass is 10.2. The quantitative estimate of drug-likeness (QED) is 0.883. The molecule has 2 aromatic rings.